The minimum atomic E-state index is -1.08. The van der Waals surface area contributed by atoms with Crippen molar-refractivity contribution in [1.82, 2.24) is 0 Å². The standard InChI is InChI=1S/C13H19N3O4/c1-4-13(3,14)12(17)15-10-7-6-9(20-5-2)8-11(10)16(18)19/h6-8H,4-5,14H2,1-3H3,(H,15,17). The maximum atomic E-state index is 12.0. The van der Waals surface area contributed by atoms with E-state index in [1.54, 1.807) is 26.8 Å². The lowest BCUT2D eigenvalue weighted by molar-refractivity contribution is -0.384. The number of hydrogen-bond acceptors (Lipinski definition) is 5. The van der Waals surface area contributed by atoms with E-state index >= 15 is 0 Å². The fraction of sp³-hybridized carbons (Fsp3) is 0.462. The van der Waals surface area contributed by atoms with Crippen molar-refractivity contribution < 1.29 is 14.5 Å². The molecule has 1 aromatic rings. The van der Waals surface area contributed by atoms with Crippen molar-refractivity contribution in [2.24, 2.45) is 5.73 Å². The second kappa shape index (κ2) is 6.33. The number of nitrogens with zero attached hydrogens (tertiary/aromatic N) is 1. The number of nitrogens with two attached hydrogens (primary N) is 1. The van der Waals surface area contributed by atoms with Gasteiger partial charge in [0.15, 0.2) is 0 Å². The van der Waals surface area contributed by atoms with Crippen LogP contribution >= 0.6 is 0 Å². The molecule has 0 saturated heterocycles. The first kappa shape index (κ1) is 15.9. The molecular formula is C13H19N3O4. The van der Waals surface area contributed by atoms with E-state index in [1.807, 2.05) is 0 Å². The minimum Gasteiger partial charge on any atom is -0.494 e. The van der Waals surface area contributed by atoms with Gasteiger partial charge in [0.1, 0.15) is 11.4 Å². The molecule has 0 saturated carbocycles. The summed E-state index contributed by atoms with van der Waals surface area (Å²) in [4.78, 5) is 22.4. The van der Waals surface area contributed by atoms with E-state index in [0.717, 1.165) is 0 Å². The number of nitro benzene ring substituents is 1. The molecule has 0 radical (unpaired) electrons. The predicted octanol–water partition coefficient (Wildman–Crippen LogP) is 2.06. The third-order valence-electron chi connectivity index (χ3n) is 2.98. The maximum Gasteiger partial charge on any atom is 0.296 e. The summed E-state index contributed by atoms with van der Waals surface area (Å²) in [5.41, 5.74) is 4.61. The van der Waals surface area contributed by atoms with E-state index in [2.05, 4.69) is 5.32 Å². The van der Waals surface area contributed by atoms with Gasteiger partial charge >= 0.3 is 0 Å². The summed E-state index contributed by atoms with van der Waals surface area (Å²) in [5.74, 6) is -0.0875. The highest BCUT2D eigenvalue weighted by atomic mass is 16.6. The second-order valence-electron chi connectivity index (χ2n) is 4.59. The number of nitro groups is 1. The molecule has 20 heavy (non-hydrogen) atoms. The lowest BCUT2D eigenvalue weighted by atomic mass is 9.99. The summed E-state index contributed by atoms with van der Waals surface area (Å²) in [6, 6.07) is 4.28. The van der Waals surface area contributed by atoms with Gasteiger partial charge in [-0.3, -0.25) is 14.9 Å². The van der Waals surface area contributed by atoms with Crippen molar-refractivity contribution in [2.45, 2.75) is 32.7 Å². The van der Waals surface area contributed by atoms with Gasteiger partial charge in [0.05, 0.1) is 23.1 Å². The van der Waals surface area contributed by atoms with Gasteiger partial charge in [-0.1, -0.05) is 6.92 Å². The van der Waals surface area contributed by atoms with Gasteiger partial charge in [-0.05, 0) is 32.4 Å². The van der Waals surface area contributed by atoms with Gasteiger partial charge in [0.25, 0.3) is 5.69 Å². The van der Waals surface area contributed by atoms with E-state index in [-0.39, 0.29) is 11.4 Å². The molecule has 3 N–H and O–H groups in total. The van der Waals surface area contributed by atoms with Crippen molar-refractivity contribution in [3.8, 4) is 5.75 Å². The van der Waals surface area contributed by atoms with Crippen LogP contribution in [0.2, 0.25) is 0 Å². The minimum absolute atomic E-state index is 0.105. The SMILES string of the molecule is CCOc1ccc(NC(=O)C(C)(N)CC)c([N+](=O)[O-])c1. The van der Waals surface area contributed by atoms with Gasteiger partial charge in [-0.2, -0.15) is 0 Å². The number of ether oxygens (including phenoxy) is 1. The van der Waals surface area contributed by atoms with Crippen LogP contribution in [0.5, 0.6) is 5.75 Å². The van der Waals surface area contributed by atoms with Gasteiger partial charge in [-0.15, -0.1) is 0 Å². The molecule has 110 valence electrons. The average molecular weight is 281 g/mol. The van der Waals surface area contributed by atoms with Crippen LogP contribution < -0.4 is 15.8 Å². The van der Waals surface area contributed by atoms with Gasteiger partial charge in [0.2, 0.25) is 5.91 Å². The molecule has 1 rings (SSSR count). The monoisotopic (exact) mass is 281 g/mol. The number of rotatable bonds is 6. The highest BCUT2D eigenvalue weighted by Crippen LogP contribution is 2.29. The van der Waals surface area contributed by atoms with E-state index in [1.165, 1.54) is 12.1 Å². The summed E-state index contributed by atoms with van der Waals surface area (Å²) in [7, 11) is 0. The number of carbonyl (C=O) groups excluding carboxylic acids is 1. The molecule has 0 spiro atoms. The van der Waals surface area contributed by atoms with Crippen LogP contribution in [0.1, 0.15) is 27.2 Å². The molecule has 0 fully saturated rings. The Labute approximate surface area is 117 Å². The normalized spacial score (nSPS) is 13.4. The molecule has 1 unspecified atom stereocenters. The molecule has 0 aliphatic heterocycles. The lowest BCUT2D eigenvalue weighted by Crippen LogP contribution is -2.47. The first-order valence-electron chi connectivity index (χ1n) is 6.33. The topological polar surface area (TPSA) is 107 Å². The highest BCUT2D eigenvalue weighted by molar-refractivity contribution is 5.99. The predicted molar refractivity (Wildman–Crippen MR) is 75.8 cm³/mol. The van der Waals surface area contributed by atoms with Crippen LogP contribution in [0.4, 0.5) is 11.4 Å². The number of hydrogen-bond donors (Lipinski definition) is 2. The van der Waals surface area contributed by atoms with E-state index < -0.39 is 16.4 Å². The first-order chi connectivity index (χ1) is 9.31. The molecule has 7 nitrogen and oxygen atoms in total. The third-order valence-corrected chi connectivity index (χ3v) is 2.98. The van der Waals surface area contributed by atoms with Crippen LogP contribution in [0, 0.1) is 10.1 Å². The van der Waals surface area contributed by atoms with E-state index in [9.17, 15) is 14.9 Å². The largest absolute Gasteiger partial charge is 0.494 e. The number of nitrogens with one attached hydrogen (secondary N) is 1. The molecule has 0 aliphatic rings. The molecule has 1 aromatic carbocycles. The Bertz CT molecular complexity index is 514. The zero-order chi connectivity index (χ0) is 15.3. The summed E-state index contributed by atoms with van der Waals surface area (Å²) in [5, 5.41) is 13.5. The number of carbonyl (C=O) groups is 1. The molecule has 0 bridgehead atoms. The van der Waals surface area contributed by atoms with Crippen molar-refractivity contribution in [3.63, 3.8) is 0 Å². The third kappa shape index (κ3) is 3.67. The smallest absolute Gasteiger partial charge is 0.296 e. The van der Waals surface area contributed by atoms with Crippen molar-refractivity contribution in [1.29, 1.82) is 0 Å². The molecule has 0 aliphatic carbocycles. The van der Waals surface area contributed by atoms with Crippen LogP contribution in [0.3, 0.4) is 0 Å². The quantitative estimate of drug-likeness (QED) is 0.613. The molecule has 7 heteroatoms. The second-order valence-corrected chi connectivity index (χ2v) is 4.59. The fourth-order valence-corrected chi connectivity index (χ4v) is 1.45. The van der Waals surface area contributed by atoms with Crippen molar-refractivity contribution in [2.75, 3.05) is 11.9 Å². The van der Waals surface area contributed by atoms with E-state index in [0.29, 0.717) is 18.8 Å². The Morgan fingerprint density at radius 1 is 1.50 bits per heavy atom. The number of amides is 1. The summed E-state index contributed by atoms with van der Waals surface area (Å²) in [6.07, 6.45) is 0.420. The maximum absolute atomic E-state index is 12.0. The Hall–Kier alpha value is -2.15. The van der Waals surface area contributed by atoms with Crippen LogP contribution in [-0.2, 0) is 4.79 Å². The summed E-state index contributed by atoms with van der Waals surface area (Å²) >= 11 is 0. The lowest BCUT2D eigenvalue weighted by Gasteiger charge is -2.21. The van der Waals surface area contributed by atoms with Crippen LogP contribution in [0.25, 0.3) is 0 Å². The summed E-state index contributed by atoms with van der Waals surface area (Å²) < 4.78 is 5.20. The van der Waals surface area contributed by atoms with Crippen molar-refractivity contribution in [3.05, 3.63) is 28.3 Å². The van der Waals surface area contributed by atoms with Crippen LogP contribution in [-0.4, -0.2) is 23.0 Å². The van der Waals surface area contributed by atoms with Crippen LogP contribution in [0.15, 0.2) is 18.2 Å². The highest BCUT2D eigenvalue weighted by Gasteiger charge is 2.28. The molecule has 1 amide bonds. The zero-order valence-electron chi connectivity index (χ0n) is 11.8. The molecule has 0 aromatic heterocycles. The van der Waals surface area contributed by atoms with Gasteiger partial charge in [0, 0.05) is 0 Å². The Balaban J connectivity index is 3.06. The molecular weight excluding hydrogens is 262 g/mol. The van der Waals surface area contributed by atoms with Gasteiger partial charge in [-0.25, -0.2) is 0 Å². The molecule has 1 atom stereocenters. The number of benzene rings is 1. The molecule has 0 heterocycles. The Morgan fingerprint density at radius 3 is 2.65 bits per heavy atom. The average Bonchev–Trinajstić information content (AvgIpc) is 2.40. The fourth-order valence-electron chi connectivity index (χ4n) is 1.45. The zero-order valence-corrected chi connectivity index (χ0v) is 11.8. The Morgan fingerprint density at radius 2 is 2.15 bits per heavy atom. The first-order valence-corrected chi connectivity index (χ1v) is 6.33. The summed E-state index contributed by atoms with van der Waals surface area (Å²) in [6.45, 7) is 5.52. The number of anilines is 1. The van der Waals surface area contributed by atoms with Gasteiger partial charge < -0.3 is 15.8 Å². The Kier molecular flexibility index (Phi) is 5.04. The van der Waals surface area contributed by atoms with Crippen molar-refractivity contribution >= 4 is 17.3 Å². The van der Waals surface area contributed by atoms with E-state index in [4.69, 9.17) is 10.5 Å².